The van der Waals surface area contributed by atoms with Gasteiger partial charge >= 0.3 is 0 Å². The summed E-state index contributed by atoms with van der Waals surface area (Å²) >= 11 is 0. The molecule has 0 saturated carbocycles. The van der Waals surface area contributed by atoms with Gasteiger partial charge in [-0.15, -0.1) is 0 Å². The topological polar surface area (TPSA) is 15.3 Å². The van der Waals surface area contributed by atoms with E-state index in [2.05, 4.69) is 63.0 Å². The number of hydrogen-bond donors (Lipinski definition) is 1. The van der Waals surface area contributed by atoms with Crippen molar-refractivity contribution >= 4 is 5.69 Å². The van der Waals surface area contributed by atoms with Crippen LogP contribution in [0.1, 0.15) is 45.2 Å². The van der Waals surface area contributed by atoms with Crippen LogP contribution in [0.5, 0.6) is 0 Å². The van der Waals surface area contributed by atoms with E-state index in [1.807, 2.05) is 0 Å². The minimum Gasteiger partial charge on any atom is -0.371 e. The second-order valence-electron chi connectivity index (χ2n) is 7.19. The van der Waals surface area contributed by atoms with Crippen molar-refractivity contribution in [1.29, 1.82) is 0 Å². The summed E-state index contributed by atoms with van der Waals surface area (Å²) in [5.74, 6) is 0.809. The number of anilines is 1. The summed E-state index contributed by atoms with van der Waals surface area (Å²) in [7, 11) is 0. The Morgan fingerprint density at radius 2 is 2.05 bits per heavy atom. The number of nitrogens with one attached hydrogen (secondary N) is 1. The molecule has 1 aliphatic rings. The Bertz CT molecular complexity index is 445. The molecule has 0 aliphatic carbocycles. The van der Waals surface area contributed by atoms with Crippen molar-refractivity contribution in [2.45, 2.75) is 47.6 Å². The molecule has 0 spiro atoms. The largest absolute Gasteiger partial charge is 0.371 e. The van der Waals surface area contributed by atoms with Crippen LogP contribution in [0.2, 0.25) is 0 Å². The minimum absolute atomic E-state index is 0.425. The van der Waals surface area contributed by atoms with Crippen molar-refractivity contribution in [2.24, 2.45) is 11.3 Å². The first-order chi connectivity index (χ1) is 9.41. The van der Waals surface area contributed by atoms with Crippen molar-refractivity contribution in [3.63, 3.8) is 0 Å². The molecule has 1 aromatic carbocycles. The average molecular weight is 274 g/mol. The Hall–Kier alpha value is -1.02. The van der Waals surface area contributed by atoms with E-state index in [0.29, 0.717) is 5.41 Å². The van der Waals surface area contributed by atoms with E-state index in [4.69, 9.17) is 0 Å². The Balaban J connectivity index is 2.05. The highest BCUT2D eigenvalue weighted by molar-refractivity contribution is 5.51. The van der Waals surface area contributed by atoms with Gasteiger partial charge in [0.1, 0.15) is 0 Å². The van der Waals surface area contributed by atoms with Gasteiger partial charge in [-0.1, -0.05) is 33.8 Å². The van der Waals surface area contributed by atoms with Crippen molar-refractivity contribution in [1.82, 2.24) is 5.32 Å². The molecule has 0 aromatic heterocycles. The van der Waals surface area contributed by atoms with E-state index in [-0.39, 0.29) is 0 Å². The van der Waals surface area contributed by atoms with Crippen LogP contribution in [0, 0.1) is 18.3 Å². The zero-order valence-electron chi connectivity index (χ0n) is 13.8. The molecule has 1 fully saturated rings. The molecule has 2 nitrogen and oxygen atoms in total. The highest BCUT2D eigenvalue weighted by Gasteiger charge is 2.31. The van der Waals surface area contributed by atoms with Gasteiger partial charge in [-0.05, 0) is 54.5 Å². The molecule has 0 bridgehead atoms. The number of aryl methyl sites for hydroxylation is 1. The molecule has 1 N–H and O–H groups in total. The lowest BCUT2D eigenvalue weighted by atomic mass is 9.80. The van der Waals surface area contributed by atoms with E-state index in [0.717, 1.165) is 19.0 Å². The van der Waals surface area contributed by atoms with Crippen LogP contribution in [-0.4, -0.2) is 19.6 Å². The Morgan fingerprint density at radius 3 is 2.60 bits per heavy atom. The standard InChI is InChI=1S/C18H30N2/c1-6-19-12-15-7-8-17(11-14(15)2)20-10-9-16(13-20)18(3,4)5/h7-8,11,16,19H,6,9-10,12-13H2,1-5H3. The predicted octanol–water partition coefficient (Wildman–Crippen LogP) is 3.98. The summed E-state index contributed by atoms with van der Waals surface area (Å²) in [5, 5.41) is 3.41. The van der Waals surface area contributed by atoms with Crippen LogP contribution >= 0.6 is 0 Å². The molecule has 20 heavy (non-hydrogen) atoms. The van der Waals surface area contributed by atoms with Crippen LogP contribution in [-0.2, 0) is 6.54 Å². The van der Waals surface area contributed by atoms with Crippen molar-refractivity contribution in [3.05, 3.63) is 29.3 Å². The third-order valence-electron chi connectivity index (χ3n) is 4.67. The third-order valence-corrected chi connectivity index (χ3v) is 4.67. The molecule has 112 valence electrons. The van der Waals surface area contributed by atoms with E-state index in [1.165, 1.54) is 36.3 Å². The van der Waals surface area contributed by atoms with Gasteiger partial charge in [0.25, 0.3) is 0 Å². The summed E-state index contributed by atoms with van der Waals surface area (Å²) in [6.07, 6.45) is 1.32. The molecule has 1 saturated heterocycles. The van der Waals surface area contributed by atoms with Gasteiger partial charge < -0.3 is 10.2 Å². The van der Waals surface area contributed by atoms with Gasteiger partial charge in [0.2, 0.25) is 0 Å². The third kappa shape index (κ3) is 3.54. The molecular weight excluding hydrogens is 244 g/mol. The maximum absolute atomic E-state index is 3.41. The summed E-state index contributed by atoms with van der Waals surface area (Å²) in [5.41, 5.74) is 4.65. The second kappa shape index (κ2) is 6.17. The Kier molecular flexibility index (Phi) is 4.74. The van der Waals surface area contributed by atoms with Crippen molar-refractivity contribution in [2.75, 3.05) is 24.5 Å². The van der Waals surface area contributed by atoms with Crippen LogP contribution in [0.15, 0.2) is 18.2 Å². The van der Waals surface area contributed by atoms with Crippen LogP contribution in [0.4, 0.5) is 5.69 Å². The van der Waals surface area contributed by atoms with Crippen LogP contribution < -0.4 is 10.2 Å². The van der Waals surface area contributed by atoms with E-state index in [1.54, 1.807) is 0 Å². The predicted molar refractivity (Wildman–Crippen MR) is 88.3 cm³/mol. The van der Waals surface area contributed by atoms with Crippen molar-refractivity contribution in [3.8, 4) is 0 Å². The number of rotatable bonds is 4. The molecule has 0 amide bonds. The maximum atomic E-state index is 3.41. The number of hydrogen-bond acceptors (Lipinski definition) is 2. The van der Waals surface area contributed by atoms with E-state index in [9.17, 15) is 0 Å². The minimum atomic E-state index is 0.425. The zero-order valence-corrected chi connectivity index (χ0v) is 13.8. The fraction of sp³-hybridized carbons (Fsp3) is 0.667. The Labute approximate surface area is 124 Å². The highest BCUT2D eigenvalue weighted by Crippen LogP contribution is 2.35. The molecule has 1 heterocycles. The molecule has 1 atom stereocenters. The van der Waals surface area contributed by atoms with E-state index < -0.39 is 0 Å². The van der Waals surface area contributed by atoms with E-state index >= 15 is 0 Å². The lowest BCUT2D eigenvalue weighted by Gasteiger charge is -2.27. The molecule has 1 aromatic rings. The average Bonchev–Trinajstić information content (AvgIpc) is 2.86. The molecule has 0 radical (unpaired) electrons. The molecular formula is C18H30N2. The van der Waals surface area contributed by atoms with Gasteiger partial charge in [-0.3, -0.25) is 0 Å². The van der Waals surface area contributed by atoms with Crippen molar-refractivity contribution < 1.29 is 0 Å². The molecule has 1 unspecified atom stereocenters. The van der Waals surface area contributed by atoms with Gasteiger partial charge in [0.05, 0.1) is 0 Å². The molecule has 2 heteroatoms. The van der Waals surface area contributed by atoms with Crippen LogP contribution in [0.25, 0.3) is 0 Å². The van der Waals surface area contributed by atoms with Gasteiger partial charge in [-0.2, -0.15) is 0 Å². The fourth-order valence-electron chi connectivity index (χ4n) is 3.04. The normalized spacial score (nSPS) is 19.6. The summed E-state index contributed by atoms with van der Waals surface area (Å²) in [6.45, 7) is 15.9. The quantitative estimate of drug-likeness (QED) is 0.893. The Morgan fingerprint density at radius 1 is 1.30 bits per heavy atom. The van der Waals surface area contributed by atoms with Gasteiger partial charge in [-0.25, -0.2) is 0 Å². The summed E-state index contributed by atoms with van der Waals surface area (Å²) < 4.78 is 0. The lowest BCUT2D eigenvalue weighted by molar-refractivity contribution is 0.263. The highest BCUT2D eigenvalue weighted by atomic mass is 15.2. The summed E-state index contributed by atoms with van der Waals surface area (Å²) in [6, 6.07) is 6.94. The molecule has 2 rings (SSSR count). The smallest absolute Gasteiger partial charge is 0.0369 e. The van der Waals surface area contributed by atoms with Gasteiger partial charge in [0.15, 0.2) is 0 Å². The number of nitrogens with zero attached hydrogens (tertiary/aromatic N) is 1. The first kappa shape index (κ1) is 15.4. The fourth-order valence-corrected chi connectivity index (χ4v) is 3.04. The molecule has 1 aliphatic heterocycles. The maximum Gasteiger partial charge on any atom is 0.0369 e. The SMILES string of the molecule is CCNCc1ccc(N2CCC(C(C)(C)C)C2)cc1C. The van der Waals surface area contributed by atoms with Gasteiger partial charge in [0, 0.05) is 25.3 Å². The lowest BCUT2D eigenvalue weighted by Crippen LogP contribution is -2.25. The first-order valence-electron chi connectivity index (χ1n) is 7.97. The summed E-state index contributed by atoms with van der Waals surface area (Å²) in [4.78, 5) is 2.56. The monoisotopic (exact) mass is 274 g/mol. The number of benzene rings is 1. The second-order valence-corrected chi connectivity index (χ2v) is 7.19. The first-order valence-corrected chi connectivity index (χ1v) is 7.97. The van der Waals surface area contributed by atoms with Crippen LogP contribution in [0.3, 0.4) is 0 Å². The zero-order chi connectivity index (χ0) is 14.8.